The van der Waals surface area contributed by atoms with Crippen molar-refractivity contribution in [2.75, 3.05) is 0 Å². The van der Waals surface area contributed by atoms with Crippen molar-refractivity contribution in [1.29, 1.82) is 0 Å². The summed E-state index contributed by atoms with van der Waals surface area (Å²) in [6.07, 6.45) is 1.78. The summed E-state index contributed by atoms with van der Waals surface area (Å²) < 4.78 is 2.81. The molecule has 0 unspecified atom stereocenters. The van der Waals surface area contributed by atoms with Crippen molar-refractivity contribution in [3.05, 3.63) is 29.0 Å². The van der Waals surface area contributed by atoms with Crippen LogP contribution in [0.2, 0.25) is 0 Å². The van der Waals surface area contributed by atoms with Crippen molar-refractivity contribution >= 4 is 32.9 Å². The summed E-state index contributed by atoms with van der Waals surface area (Å²) in [5.74, 6) is -0.799. The van der Waals surface area contributed by atoms with Gasteiger partial charge in [-0.05, 0) is 18.2 Å². The van der Waals surface area contributed by atoms with E-state index in [0.29, 0.717) is 6.54 Å². The lowest BCUT2D eigenvalue weighted by Gasteiger charge is -2.01. The van der Waals surface area contributed by atoms with Crippen LogP contribution in [-0.4, -0.2) is 20.6 Å². The monoisotopic (exact) mass is 268 g/mol. The molecule has 1 heterocycles. The van der Waals surface area contributed by atoms with Crippen molar-refractivity contribution in [3.8, 4) is 0 Å². The molecule has 0 atom stereocenters. The molecule has 4 nitrogen and oxygen atoms in total. The van der Waals surface area contributed by atoms with Crippen LogP contribution < -0.4 is 0 Å². The molecule has 0 saturated carbocycles. The van der Waals surface area contributed by atoms with E-state index >= 15 is 0 Å². The van der Waals surface area contributed by atoms with Crippen LogP contribution in [0.3, 0.4) is 0 Å². The second-order valence-corrected chi connectivity index (χ2v) is 4.13. The quantitative estimate of drug-likeness (QED) is 0.929. The Morgan fingerprint density at radius 1 is 1.53 bits per heavy atom. The van der Waals surface area contributed by atoms with Gasteiger partial charge in [0, 0.05) is 11.0 Å². The van der Waals surface area contributed by atoms with E-state index in [2.05, 4.69) is 20.9 Å². The van der Waals surface area contributed by atoms with Gasteiger partial charge in [-0.1, -0.05) is 15.9 Å². The summed E-state index contributed by atoms with van der Waals surface area (Å²) in [4.78, 5) is 14.6. The van der Waals surface area contributed by atoms with Gasteiger partial charge in [0.25, 0.3) is 0 Å². The van der Waals surface area contributed by atoms with Gasteiger partial charge in [0.15, 0.2) is 0 Å². The number of hydrogen-bond acceptors (Lipinski definition) is 2. The van der Waals surface area contributed by atoms with Gasteiger partial charge in [-0.3, -0.25) is 4.79 Å². The zero-order valence-corrected chi connectivity index (χ0v) is 9.44. The number of benzene rings is 1. The van der Waals surface area contributed by atoms with Gasteiger partial charge in [-0.25, -0.2) is 4.98 Å². The fourth-order valence-corrected chi connectivity index (χ4v) is 1.77. The standard InChI is InChI=1S/C10H9BrN2O2/c11-7-1-2-8-9(5-7)13(6-12-8)4-3-10(14)15/h1-2,5-6H,3-4H2,(H,14,15). The number of fused-ring (bicyclic) bond motifs is 1. The first-order chi connectivity index (χ1) is 7.16. The summed E-state index contributed by atoms with van der Waals surface area (Å²) >= 11 is 3.37. The van der Waals surface area contributed by atoms with E-state index in [1.165, 1.54) is 0 Å². The highest BCUT2D eigenvalue weighted by Gasteiger charge is 2.04. The van der Waals surface area contributed by atoms with Crippen LogP contribution in [0.15, 0.2) is 29.0 Å². The van der Waals surface area contributed by atoms with Crippen molar-refractivity contribution in [2.24, 2.45) is 0 Å². The molecule has 2 rings (SSSR count). The topological polar surface area (TPSA) is 55.1 Å². The predicted octanol–water partition coefficient (Wildman–Crippen LogP) is 2.27. The zero-order valence-electron chi connectivity index (χ0n) is 7.85. The predicted molar refractivity (Wildman–Crippen MR) is 59.7 cm³/mol. The van der Waals surface area contributed by atoms with Gasteiger partial charge in [0.2, 0.25) is 0 Å². The summed E-state index contributed by atoms with van der Waals surface area (Å²) in [6.45, 7) is 0.447. The minimum atomic E-state index is -0.799. The van der Waals surface area contributed by atoms with Crippen LogP contribution in [0.4, 0.5) is 0 Å². The van der Waals surface area contributed by atoms with Crippen LogP contribution in [0.25, 0.3) is 11.0 Å². The van der Waals surface area contributed by atoms with Crippen LogP contribution >= 0.6 is 15.9 Å². The minimum Gasteiger partial charge on any atom is -0.481 e. The second kappa shape index (κ2) is 4.02. The number of rotatable bonds is 3. The highest BCUT2D eigenvalue weighted by molar-refractivity contribution is 9.10. The summed E-state index contributed by atoms with van der Waals surface area (Å²) in [5.41, 5.74) is 1.83. The van der Waals surface area contributed by atoms with Gasteiger partial charge >= 0.3 is 5.97 Å². The molecule has 0 amide bonds. The Hall–Kier alpha value is -1.36. The summed E-state index contributed by atoms with van der Waals surface area (Å²) in [7, 11) is 0. The normalized spacial score (nSPS) is 10.7. The van der Waals surface area contributed by atoms with Crippen LogP contribution in [-0.2, 0) is 11.3 Å². The Morgan fingerprint density at radius 2 is 2.33 bits per heavy atom. The molecule has 0 bridgehead atoms. The van der Waals surface area contributed by atoms with Crippen LogP contribution in [0.5, 0.6) is 0 Å². The van der Waals surface area contributed by atoms with Crippen molar-refractivity contribution < 1.29 is 9.90 Å². The fraction of sp³-hybridized carbons (Fsp3) is 0.200. The Labute approximate surface area is 94.7 Å². The number of imidazole rings is 1. The third-order valence-electron chi connectivity index (χ3n) is 2.15. The number of hydrogen-bond donors (Lipinski definition) is 1. The smallest absolute Gasteiger partial charge is 0.305 e. The van der Waals surface area contributed by atoms with E-state index in [4.69, 9.17) is 5.11 Å². The number of carboxylic acids is 1. The molecule has 0 radical (unpaired) electrons. The molecule has 5 heteroatoms. The van der Waals surface area contributed by atoms with Gasteiger partial charge in [0.05, 0.1) is 23.8 Å². The number of halogens is 1. The SMILES string of the molecule is O=C(O)CCn1cnc2ccc(Br)cc21. The van der Waals surface area contributed by atoms with Gasteiger partial charge in [0.1, 0.15) is 0 Å². The number of aromatic nitrogens is 2. The van der Waals surface area contributed by atoms with E-state index in [9.17, 15) is 4.79 Å². The lowest BCUT2D eigenvalue weighted by Crippen LogP contribution is -2.03. The molecule has 0 saturated heterocycles. The minimum absolute atomic E-state index is 0.109. The highest BCUT2D eigenvalue weighted by Crippen LogP contribution is 2.18. The molecule has 0 aliphatic rings. The van der Waals surface area contributed by atoms with E-state index in [1.807, 2.05) is 22.8 Å². The largest absolute Gasteiger partial charge is 0.481 e. The molecule has 15 heavy (non-hydrogen) atoms. The van der Waals surface area contributed by atoms with Gasteiger partial charge in [-0.2, -0.15) is 0 Å². The van der Waals surface area contributed by atoms with Gasteiger partial charge in [-0.15, -0.1) is 0 Å². The molecule has 1 aromatic carbocycles. The lowest BCUT2D eigenvalue weighted by atomic mass is 10.3. The van der Waals surface area contributed by atoms with Crippen molar-refractivity contribution in [1.82, 2.24) is 9.55 Å². The average Bonchev–Trinajstić information content (AvgIpc) is 2.57. The fourth-order valence-electron chi connectivity index (χ4n) is 1.42. The molecule has 78 valence electrons. The van der Waals surface area contributed by atoms with E-state index in [1.54, 1.807) is 6.33 Å². The number of nitrogens with zero attached hydrogens (tertiary/aromatic N) is 2. The molecular weight excluding hydrogens is 260 g/mol. The molecular formula is C10H9BrN2O2. The van der Waals surface area contributed by atoms with Crippen molar-refractivity contribution in [3.63, 3.8) is 0 Å². The maximum atomic E-state index is 10.5. The number of aryl methyl sites for hydroxylation is 1. The lowest BCUT2D eigenvalue weighted by molar-refractivity contribution is -0.137. The number of carboxylic acid groups (broad SMARTS) is 1. The van der Waals surface area contributed by atoms with E-state index in [0.717, 1.165) is 15.5 Å². The average molecular weight is 269 g/mol. The van der Waals surface area contributed by atoms with Gasteiger partial charge < -0.3 is 9.67 Å². The molecule has 0 fully saturated rings. The molecule has 2 aromatic rings. The third kappa shape index (κ3) is 2.18. The maximum absolute atomic E-state index is 10.5. The zero-order chi connectivity index (χ0) is 10.8. The maximum Gasteiger partial charge on any atom is 0.305 e. The Balaban J connectivity index is 2.35. The first kappa shape index (κ1) is 10.2. The molecule has 0 aliphatic heterocycles. The first-order valence-electron chi connectivity index (χ1n) is 4.49. The Kier molecular flexibility index (Phi) is 2.73. The Morgan fingerprint density at radius 3 is 3.07 bits per heavy atom. The summed E-state index contributed by atoms with van der Waals surface area (Å²) in [5, 5.41) is 8.60. The number of carbonyl (C=O) groups is 1. The third-order valence-corrected chi connectivity index (χ3v) is 2.64. The first-order valence-corrected chi connectivity index (χ1v) is 5.28. The molecule has 1 N–H and O–H groups in total. The Bertz CT molecular complexity index is 507. The molecule has 0 spiro atoms. The van der Waals surface area contributed by atoms with E-state index < -0.39 is 5.97 Å². The number of aliphatic carboxylic acids is 1. The van der Waals surface area contributed by atoms with Crippen LogP contribution in [0, 0.1) is 0 Å². The summed E-state index contributed by atoms with van der Waals surface area (Å²) in [6, 6.07) is 5.75. The molecule has 1 aromatic heterocycles. The second-order valence-electron chi connectivity index (χ2n) is 3.21. The van der Waals surface area contributed by atoms with E-state index in [-0.39, 0.29) is 6.42 Å². The van der Waals surface area contributed by atoms with Crippen LogP contribution in [0.1, 0.15) is 6.42 Å². The van der Waals surface area contributed by atoms with Crippen molar-refractivity contribution in [2.45, 2.75) is 13.0 Å². The highest BCUT2D eigenvalue weighted by atomic mass is 79.9. The molecule has 0 aliphatic carbocycles.